The molecule has 0 aliphatic carbocycles. The largest absolute Gasteiger partial charge is 0.469 e. The average molecular weight is 407 g/mol. The van der Waals surface area contributed by atoms with Crippen LogP contribution < -0.4 is 5.69 Å². The van der Waals surface area contributed by atoms with E-state index >= 15 is 0 Å². The van der Waals surface area contributed by atoms with Crippen LogP contribution in [-0.4, -0.2) is 22.2 Å². The van der Waals surface area contributed by atoms with E-state index < -0.39 is 0 Å². The normalized spacial score (nSPS) is 10.9. The van der Waals surface area contributed by atoms with Gasteiger partial charge in [0.15, 0.2) is 0 Å². The summed E-state index contributed by atoms with van der Waals surface area (Å²) in [6.07, 6.45) is 5.33. The van der Waals surface area contributed by atoms with Gasteiger partial charge in [-0.05, 0) is 12.8 Å². The maximum Gasteiger partial charge on any atom is 0.328 e. The first kappa shape index (κ1) is 21.6. The molecular formula is C25H30N2O3. The fraction of sp³-hybridized carbons (Fsp3) is 0.360. The summed E-state index contributed by atoms with van der Waals surface area (Å²) in [4.78, 5) is 24.3. The molecule has 0 saturated carbocycles. The lowest BCUT2D eigenvalue weighted by atomic mass is 10.0. The number of hydrogen-bond acceptors (Lipinski definition) is 3. The number of hydrogen-bond donors (Lipinski definition) is 0. The standard InChI is InChI=1S/C25H30N2O3/c1-26-23(20-14-8-6-9-15-20)24(21-16-10-7-11-17-21)27(25(26)29)19-13-5-3-4-12-18-22(28)30-2/h6-11,14-17H,3-5,12-13,18-19H2,1-2H3. The van der Waals surface area contributed by atoms with E-state index in [9.17, 15) is 9.59 Å². The van der Waals surface area contributed by atoms with Crippen LogP contribution in [0.5, 0.6) is 0 Å². The molecule has 5 heteroatoms. The Bertz CT molecular complexity index is 1000. The fourth-order valence-corrected chi connectivity index (χ4v) is 3.85. The molecule has 3 rings (SSSR count). The first-order valence-corrected chi connectivity index (χ1v) is 10.6. The van der Waals surface area contributed by atoms with Gasteiger partial charge in [-0.25, -0.2) is 4.79 Å². The topological polar surface area (TPSA) is 53.2 Å². The number of carbonyl (C=O) groups is 1. The van der Waals surface area contributed by atoms with Crippen LogP contribution in [0.15, 0.2) is 65.5 Å². The number of aromatic nitrogens is 2. The average Bonchev–Trinajstić information content (AvgIpc) is 3.04. The monoisotopic (exact) mass is 406 g/mol. The zero-order valence-electron chi connectivity index (χ0n) is 17.8. The van der Waals surface area contributed by atoms with E-state index in [-0.39, 0.29) is 11.7 Å². The second kappa shape index (κ2) is 10.6. The Hall–Kier alpha value is -3.08. The van der Waals surface area contributed by atoms with Gasteiger partial charge in [0.1, 0.15) is 0 Å². The van der Waals surface area contributed by atoms with Crippen LogP contribution in [-0.2, 0) is 23.1 Å². The van der Waals surface area contributed by atoms with Crippen molar-refractivity contribution in [3.8, 4) is 22.5 Å². The third kappa shape index (κ3) is 5.09. The van der Waals surface area contributed by atoms with Crippen molar-refractivity contribution >= 4 is 5.97 Å². The third-order valence-corrected chi connectivity index (χ3v) is 5.43. The molecule has 0 N–H and O–H groups in total. The molecule has 0 amide bonds. The predicted octanol–water partition coefficient (Wildman–Crippen LogP) is 5.03. The SMILES string of the molecule is COC(=O)CCCCCCCn1c(-c2ccccc2)c(-c2ccccc2)n(C)c1=O. The van der Waals surface area contributed by atoms with E-state index in [4.69, 9.17) is 0 Å². The van der Waals surface area contributed by atoms with Gasteiger partial charge in [-0.15, -0.1) is 0 Å². The molecule has 0 aliphatic rings. The summed E-state index contributed by atoms with van der Waals surface area (Å²) in [7, 11) is 3.27. The highest BCUT2D eigenvalue weighted by molar-refractivity contribution is 5.79. The molecule has 0 atom stereocenters. The van der Waals surface area contributed by atoms with E-state index in [1.165, 1.54) is 7.11 Å². The van der Waals surface area contributed by atoms with Crippen molar-refractivity contribution in [3.63, 3.8) is 0 Å². The molecule has 3 aromatic rings. The Morgan fingerprint density at radius 1 is 0.800 bits per heavy atom. The van der Waals surface area contributed by atoms with Gasteiger partial charge in [0.2, 0.25) is 0 Å². The molecular weight excluding hydrogens is 376 g/mol. The molecule has 0 saturated heterocycles. The number of benzene rings is 2. The van der Waals surface area contributed by atoms with Crippen LogP contribution in [0.25, 0.3) is 22.5 Å². The first-order chi connectivity index (χ1) is 14.6. The highest BCUT2D eigenvalue weighted by Crippen LogP contribution is 2.31. The number of rotatable bonds is 10. The second-order valence-electron chi connectivity index (χ2n) is 7.52. The maximum atomic E-state index is 13.1. The van der Waals surface area contributed by atoms with Crippen molar-refractivity contribution in [1.82, 2.24) is 9.13 Å². The van der Waals surface area contributed by atoms with Crippen molar-refractivity contribution in [1.29, 1.82) is 0 Å². The third-order valence-electron chi connectivity index (χ3n) is 5.43. The Labute approximate surface area is 177 Å². The Morgan fingerprint density at radius 3 is 1.93 bits per heavy atom. The second-order valence-corrected chi connectivity index (χ2v) is 7.52. The summed E-state index contributed by atoms with van der Waals surface area (Å²) in [5.74, 6) is -0.146. The Morgan fingerprint density at radius 2 is 1.33 bits per heavy atom. The van der Waals surface area contributed by atoms with E-state index in [0.717, 1.165) is 54.6 Å². The quantitative estimate of drug-likeness (QED) is 0.350. The number of unbranched alkanes of at least 4 members (excludes halogenated alkanes) is 4. The van der Waals surface area contributed by atoms with Gasteiger partial charge in [0.05, 0.1) is 18.5 Å². The number of carbonyl (C=O) groups excluding carboxylic acids is 1. The lowest BCUT2D eigenvalue weighted by Crippen LogP contribution is -2.23. The zero-order chi connectivity index (χ0) is 21.3. The molecule has 1 heterocycles. The minimum absolute atomic E-state index is 0.0124. The molecule has 0 spiro atoms. The maximum absolute atomic E-state index is 13.1. The molecule has 158 valence electrons. The summed E-state index contributed by atoms with van der Waals surface area (Å²) in [5.41, 5.74) is 4.02. The Kier molecular flexibility index (Phi) is 7.66. The fourth-order valence-electron chi connectivity index (χ4n) is 3.85. The number of esters is 1. The van der Waals surface area contributed by atoms with Crippen molar-refractivity contribution in [3.05, 3.63) is 71.1 Å². The number of imidazole rings is 1. The highest BCUT2D eigenvalue weighted by Gasteiger charge is 2.20. The smallest absolute Gasteiger partial charge is 0.328 e. The zero-order valence-corrected chi connectivity index (χ0v) is 17.8. The van der Waals surface area contributed by atoms with Crippen molar-refractivity contribution in [2.45, 2.75) is 45.1 Å². The van der Waals surface area contributed by atoms with Crippen LogP contribution in [0.3, 0.4) is 0 Å². The first-order valence-electron chi connectivity index (χ1n) is 10.6. The van der Waals surface area contributed by atoms with Gasteiger partial charge in [0, 0.05) is 31.1 Å². The van der Waals surface area contributed by atoms with E-state index in [1.54, 1.807) is 4.57 Å². The van der Waals surface area contributed by atoms with E-state index in [1.807, 2.05) is 60.1 Å². The van der Waals surface area contributed by atoms with Gasteiger partial charge in [-0.3, -0.25) is 13.9 Å². The molecule has 5 nitrogen and oxygen atoms in total. The van der Waals surface area contributed by atoms with Crippen LogP contribution >= 0.6 is 0 Å². The summed E-state index contributed by atoms with van der Waals surface area (Å²) in [6, 6.07) is 20.2. The van der Waals surface area contributed by atoms with Crippen molar-refractivity contribution in [2.24, 2.45) is 7.05 Å². The number of methoxy groups -OCH3 is 1. The predicted molar refractivity (Wildman–Crippen MR) is 120 cm³/mol. The lowest BCUT2D eigenvalue weighted by molar-refractivity contribution is -0.140. The minimum Gasteiger partial charge on any atom is -0.469 e. The molecule has 30 heavy (non-hydrogen) atoms. The van der Waals surface area contributed by atoms with Crippen LogP contribution in [0, 0.1) is 0 Å². The molecule has 0 aliphatic heterocycles. The molecule has 0 fully saturated rings. The molecule has 0 bridgehead atoms. The van der Waals surface area contributed by atoms with Crippen molar-refractivity contribution < 1.29 is 9.53 Å². The summed E-state index contributed by atoms with van der Waals surface area (Å²) in [5, 5.41) is 0. The molecule has 0 unspecified atom stereocenters. The lowest BCUT2D eigenvalue weighted by Gasteiger charge is -2.11. The van der Waals surface area contributed by atoms with Gasteiger partial charge in [-0.2, -0.15) is 0 Å². The van der Waals surface area contributed by atoms with E-state index in [0.29, 0.717) is 13.0 Å². The summed E-state index contributed by atoms with van der Waals surface area (Å²) in [6.45, 7) is 0.681. The summed E-state index contributed by atoms with van der Waals surface area (Å²) >= 11 is 0. The molecule has 0 radical (unpaired) electrons. The van der Waals surface area contributed by atoms with Gasteiger partial charge >= 0.3 is 11.7 Å². The number of ether oxygens (including phenoxy) is 1. The van der Waals surface area contributed by atoms with Crippen LogP contribution in [0.2, 0.25) is 0 Å². The van der Waals surface area contributed by atoms with Crippen LogP contribution in [0.1, 0.15) is 38.5 Å². The molecule has 1 aromatic heterocycles. The van der Waals surface area contributed by atoms with Crippen molar-refractivity contribution in [2.75, 3.05) is 7.11 Å². The van der Waals surface area contributed by atoms with Gasteiger partial charge < -0.3 is 4.74 Å². The number of nitrogens with zero attached hydrogens (tertiary/aromatic N) is 2. The van der Waals surface area contributed by atoms with E-state index in [2.05, 4.69) is 16.9 Å². The summed E-state index contributed by atoms with van der Waals surface area (Å²) < 4.78 is 8.34. The Balaban J connectivity index is 1.78. The van der Waals surface area contributed by atoms with Gasteiger partial charge in [-0.1, -0.05) is 79.9 Å². The van der Waals surface area contributed by atoms with Gasteiger partial charge in [0.25, 0.3) is 0 Å². The molecule has 2 aromatic carbocycles. The van der Waals surface area contributed by atoms with Crippen LogP contribution in [0.4, 0.5) is 0 Å². The minimum atomic E-state index is -0.146. The highest BCUT2D eigenvalue weighted by atomic mass is 16.5.